The molecule has 7 nitrogen and oxygen atoms in total. The summed E-state index contributed by atoms with van der Waals surface area (Å²) in [7, 11) is -0.507. The molecule has 0 fully saturated rings. The molecule has 0 aliphatic carbocycles. The molecule has 0 unspecified atom stereocenters. The molecule has 0 saturated carbocycles. The highest BCUT2D eigenvalue weighted by Gasteiger charge is 2.29. The summed E-state index contributed by atoms with van der Waals surface area (Å²) in [4.78, 5) is 12.3. The summed E-state index contributed by atoms with van der Waals surface area (Å²) in [6.45, 7) is 5.40. The first-order valence-corrected chi connectivity index (χ1v) is 9.82. The lowest BCUT2D eigenvalue weighted by Crippen LogP contribution is -2.46. The Bertz CT molecular complexity index is 729. The van der Waals surface area contributed by atoms with Crippen LogP contribution < -0.4 is 14.8 Å². The van der Waals surface area contributed by atoms with Crippen molar-refractivity contribution in [3.8, 4) is 11.5 Å². The number of amides is 1. The first kappa shape index (κ1) is 21.5. The van der Waals surface area contributed by atoms with Gasteiger partial charge in [-0.25, -0.2) is 8.42 Å². The van der Waals surface area contributed by atoms with Gasteiger partial charge in [0.25, 0.3) is 0 Å². The van der Waals surface area contributed by atoms with Crippen LogP contribution in [0, 0.1) is 0 Å². The summed E-state index contributed by atoms with van der Waals surface area (Å²) >= 11 is 6.03. The third-order valence-corrected chi connectivity index (χ3v) is 5.26. The fourth-order valence-electron chi connectivity index (χ4n) is 2.37. The van der Waals surface area contributed by atoms with Gasteiger partial charge in [0, 0.05) is 30.6 Å². The van der Waals surface area contributed by atoms with Gasteiger partial charge < -0.3 is 14.8 Å². The number of carbonyl (C=O) groups is 1. The summed E-state index contributed by atoms with van der Waals surface area (Å²) in [6, 6.07) is 3.09. The van der Waals surface area contributed by atoms with E-state index in [4.69, 9.17) is 21.1 Å². The minimum Gasteiger partial charge on any atom is -0.495 e. The molecule has 1 rings (SSSR count). The molecule has 142 valence electrons. The minimum absolute atomic E-state index is 0.00155. The van der Waals surface area contributed by atoms with E-state index in [-0.39, 0.29) is 18.9 Å². The van der Waals surface area contributed by atoms with Crippen LogP contribution in [0.2, 0.25) is 5.02 Å². The number of methoxy groups -OCH3 is 2. The lowest BCUT2D eigenvalue weighted by atomic mass is 10.1. The smallest absolute Gasteiger partial charge is 0.225 e. The van der Waals surface area contributed by atoms with Gasteiger partial charge >= 0.3 is 0 Å². The van der Waals surface area contributed by atoms with Crippen LogP contribution in [-0.2, 0) is 14.8 Å². The van der Waals surface area contributed by atoms with Gasteiger partial charge in [-0.15, -0.1) is 0 Å². The number of nitrogens with one attached hydrogen (secondary N) is 1. The van der Waals surface area contributed by atoms with Gasteiger partial charge in [-0.2, -0.15) is 4.31 Å². The Labute approximate surface area is 154 Å². The van der Waals surface area contributed by atoms with Crippen LogP contribution in [0.1, 0.15) is 27.2 Å². The van der Waals surface area contributed by atoms with Crippen molar-refractivity contribution in [1.29, 1.82) is 0 Å². The molecule has 9 heteroatoms. The lowest BCUT2D eigenvalue weighted by molar-refractivity contribution is -0.116. The van der Waals surface area contributed by atoms with Gasteiger partial charge in [0.1, 0.15) is 11.5 Å². The predicted molar refractivity (Wildman–Crippen MR) is 99.1 cm³/mol. The van der Waals surface area contributed by atoms with E-state index in [1.54, 1.807) is 26.8 Å². The van der Waals surface area contributed by atoms with Crippen LogP contribution >= 0.6 is 11.6 Å². The predicted octanol–water partition coefficient (Wildman–Crippen LogP) is 2.75. The van der Waals surface area contributed by atoms with Crippen LogP contribution in [-0.4, -0.2) is 51.2 Å². The molecule has 0 radical (unpaired) electrons. The number of ether oxygens (including phenoxy) is 2. The topological polar surface area (TPSA) is 84.9 Å². The number of anilines is 1. The molecule has 0 atom stereocenters. The molecular formula is C16H25ClN2O5S. The number of benzene rings is 1. The van der Waals surface area contributed by atoms with E-state index < -0.39 is 15.6 Å². The van der Waals surface area contributed by atoms with Crippen LogP contribution in [0.15, 0.2) is 12.1 Å². The molecule has 0 spiro atoms. The fourth-order valence-corrected chi connectivity index (χ4v) is 4.02. The average molecular weight is 393 g/mol. The minimum atomic E-state index is -3.43. The number of hydrogen-bond acceptors (Lipinski definition) is 5. The van der Waals surface area contributed by atoms with Gasteiger partial charge in [0.15, 0.2) is 0 Å². The first-order valence-electron chi connectivity index (χ1n) is 7.59. The van der Waals surface area contributed by atoms with Gasteiger partial charge in [-0.3, -0.25) is 4.79 Å². The van der Waals surface area contributed by atoms with E-state index in [2.05, 4.69) is 5.32 Å². The van der Waals surface area contributed by atoms with E-state index >= 15 is 0 Å². The summed E-state index contributed by atoms with van der Waals surface area (Å²) in [5.74, 6) is 0.431. The standard InChI is InChI=1S/C16H25ClN2O5S/c1-16(2,3)19(25(6,21)22)8-7-15(20)18-12-10-13(23-4)11(17)9-14(12)24-5/h9-10H,7-8H2,1-6H3,(H,18,20). The Hall–Kier alpha value is -1.51. The zero-order valence-electron chi connectivity index (χ0n) is 15.3. The van der Waals surface area contributed by atoms with E-state index in [1.807, 2.05) is 0 Å². The van der Waals surface area contributed by atoms with Crippen molar-refractivity contribution in [2.45, 2.75) is 32.7 Å². The second kappa shape index (κ2) is 8.25. The van der Waals surface area contributed by atoms with Crippen molar-refractivity contribution in [2.24, 2.45) is 0 Å². The molecule has 0 bridgehead atoms. The third-order valence-electron chi connectivity index (χ3n) is 3.44. The molecule has 1 aromatic rings. The van der Waals surface area contributed by atoms with E-state index in [9.17, 15) is 13.2 Å². The number of hydrogen-bond donors (Lipinski definition) is 1. The Morgan fingerprint density at radius 2 is 1.76 bits per heavy atom. The molecule has 0 aliphatic rings. The molecule has 0 aromatic heterocycles. The molecule has 1 aromatic carbocycles. The SMILES string of the molecule is COc1cc(NC(=O)CCN(C(C)(C)C)S(C)(=O)=O)c(OC)cc1Cl. The second-order valence-electron chi connectivity index (χ2n) is 6.49. The Balaban J connectivity index is 2.90. The van der Waals surface area contributed by atoms with Crippen molar-refractivity contribution in [3.05, 3.63) is 17.2 Å². The van der Waals surface area contributed by atoms with Crippen LogP contribution in [0.3, 0.4) is 0 Å². The molecular weight excluding hydrogens is 368 g/mol. The highest BCUT2D eigenvalue weighted by molar-refractivity contribution is 7.88. The van der Waals surface area contributed by atoms with E-state index in [0.29, 0.717) is 22.2 Å². The Morgan fingerprint density at radius 1 is 1.20 bits per heavy atom. The zero-order valence-corrected chi connectivity index (χ0v) is 16.9. The van der Waals surface area contributed by atoms with Crippen LogP contribution in [0.25, 0.3) is 0 Å². The number of nitrogens with zero attached hydrogens (tertiary/aromatic N) is 1. The summed E-state index contributed by atoms with van der Waals surface area (Å²) < 4.78 is 35.4. The highest BCUT2D eigenvalue weighted by atomic mass is 35.5. The number of sulfonamides is 1. The van der Waals surface area contributed by atoms with Crippen molar-refractivity contribution in [3.63, 3.8) is 0 Å². The Kier molecular flexibility index (Phi) is 7.10. The van der Waals surface area contributed by atoms with Crippen molar-refractivity contribution in [1.82, 2.24) is 4.31 Å². The van der Waals surface area contributed by atoms with Gasteiger partial charge in [-0.1, -0.05) is 11.6 Å². The maximum absolute atomic E-state index is 12.3. The average Bonchev–Trinajstić information content (AvgIpc) is 2.45. The second-order valence-corrected chi connectivity index (χ2v) is 8.81. The number of carbonyl (C=O) groups excluding carboxylic acids is 1. The zero-order chi connectivity index (χ0) is 19.4. The van der Waals surface area contributed by atoms with Crippen molar-refractivity contribution >= 4 is 33.2 Å². The van der Waals surface area contributed by atoms with Gasteiger partial charge in [0.05, 0.1) is 31.2 Å². The first-order chi connectivity index (χ1) is 11.4. The maximum Gasteiger partial charge on any atom is 0.225 e. The van der Waals surface area contributed by atoms with Crippen molar-refractivity contribution < 1.29 is 22.7 Å². The van der Waals surface area contributed by atoms with Crippen molar-refractivity contribution in [2.75, 3.05) is 32.3 Å². The van der Waals surface area contributed by atoms with E-state index in [1.165, 1.54) is 24.6 Å². The maximum atomic E-state index is 12.3. The summed E-state index contributed by atoms with van der Waals surface area (Å²) in [5, 5.41) is 3.05. The molecule has 0 saturated heterocycles. The molecule has 1 amide bonds. The number of rotatable bonds is 7. The largest absolute Gasteiger partial charge is 0.495 e. The third kappa shape index (κ3) is 6.05. The lowest BCUT2D eigenvalue weighted by Gasteiger charge is -2.33. The molecule has 1 N–H and O–H groups in total. The van der Waals surface area contributed by atoms with Crippen LogP contribution in [0.5, 0.6) is 11.5 Å². The quantitative estimate of drug-likeness (QED) is 0.771. The normalized spacial score (nSPS) is 12.2. The van der Waals surface area contributed by atoms with E-state index in [0.717, 1.165) is 6.26 Å². The summed E-state index contributed by atoms with van der Waals surface area (Å²) in [6.07, 6.45) is 1.13. The number of halogens is 1. The molecule has 0 heterocycles. The van der Waals surface area contributed by atoms with Crippen LogP contribution in [0.4, 0.5) is 5.69 Å². The monoisotopic (exact) mass is 392 g/mol. The molecule has 0 aliphatic heterocycles. The van der Waals surface area contributed by atoms with Gasteiger partial charge in [0.2, 0.25) is 15.9 Å². The fraction of sp³-hybridized carbons (Fsp3) is 0.562. The molecule has 25 heavy (non-hydrogen) atoms. The van der Waals surface area contributed by atoms with Gasteiger partial charge in [-0.05, 0) is 20.8 Å². The summed E-state index contributed by atoms with van der Waals surface area (Å²) in [5.41, 5.74) is -0.217. The highest BCUT2D eigenvalue weighted by Crippen LogP contribution is 2.35. The Morgan fingerprint density at radius 3 is 2.20 bits per heavy atom.